The highest BCUT2D eigenvalue weighted by Gasteiger charge is 2.11. The zero-order valence-corrected chi connectivity index (χ0v) is 14.5. The van der Waals surface area contributed by atoms with Crippen molar-refractivity contribution in [1.29, 1.82) is 0 Å². The molecule has 0 saturated carbocycles. The van der Waals surface area contributed by atoms with E-state index < -0.39 is 0 Å². The van der Waals surface area contributed by atoms with Crippen LogP contribution in [0.25, 0.3) is 0 Å². The SMILES string of the molecule is COc1ccc(OC)c(C(=O)/C=C/Nc2ccc(C(C)C)cc2)c1. The third kappa shape index (κ3) is 4.38. The molecule has 0 amide bonds. The molecule has 2 aromatic rings. The molecule has 2 aromatic carbocycles. The summed E-state index contributed by atoms with van der Waals surface area (Å²) >= 11 is 0. The molecule has 0 bridgehead atoms. The molecule has 0 unspecified atom stereocenters. The second-order valence-corrected chi connectivity index (χ2v) is 5.68. The average Bonchev–Trinajstić information content (AvgIpc) is 2.61. The Kier molecular flexibility index (Phi) is 6.01. The maximum Gasteiger partial charge on any atom is 0.191 e. The zero-order valence-electron chi connectivity index (χ0n) is 14.5. The third-order valence-corrected chi connectivity index (χ3v) is 3.73. The fourth-order valence-corrected chi connectivity index (χ4v) is 2.27. The number of hydrogen-bond donors (Lipinski definition) is 1. The van der Waals surface area contributed by atoms with Gasteiger partial charge in [-0.25, -0.2) is 0 Å². The number of methoxy groups -OCH3 is 2. The van der Waals surface area contributed by atoms with Crippen molar-refractivity contribution >= 4 is 11.5 Å². The zero-order chi connectivity index (χ0) is 17.5. The van der Waals surface area contributed by atoms with E-state index in [-0.39, 0.29) is 5.78 Å². The summed E-state index contributed by atoms with van der Waals surface area (Å²) in [5.74, 6) is 1.48. The van der Waals surface area contributed by atoms with Crippen LogP contribution < -0.4 is 14.8 Å². The van der Waals surface area contributed by atoms with Gasteiger partial charge in [0, 0.05) is 18.0 Å². The first-order valence-electron chi connectivity index (χ1n) is 7.84. The molecule has 2 rings (SSSR count). The highest BCUT2D eigenvalue weighted by atomic mass is 16.5. The molecule has 0 saturated heterocycles. The molecule has 0 atom stereocenters. The molecule has 126 valence electrons. The topological polar surface area (TPSA) is 47.6 Å². The molecular formula is C20H23NO3. The van der Waals surface area contributed by atoms with Crippen LogP contribution in [0.4, 0.5) is 5.69 Å². The van der Waals surface area contributed by atoms with E-state index in [1.165, 1.54) is 18.7 Å². The largest absolute Gasteiger partial charge is 0.497 e. The minimum atomic E-state index is -0.156. The van der Waals surface area contributed by atoms with Crippen LogP contribution >= 0.6 is 0 Å². The van der Waals surface area contributed by atoms with Crippen LogP contribution in [-0.2, 0) is 0 Å². The predicted molar refractivity (Wildman–Crippen MR) is 97.2 cm³/mol. The summed E-state index contributed by atoms with van der Waals surface area (Å²) in [6.07, 6.45) is 3.11. The minimum absolute atomic E-state index is 0.156. The van der Waals surface area contributed by atoms with E-state index in [1.54, 1.807) is 31.5 Å². The van der Waals surface area contributed by atoms with E-state index in [0.29, 0.717) is 23.0 Å². The van der Waals surface area contributed by atoms with Crippen molar-refractivity contribution in [3.8, 4) is 11.5 Å². The first-order valence-corrected chi connectivity index (χ1v) is 7.84. The fourth-order valence-electron chi connectivity index (χ4n) is 2.27. The van der Waals surface area contributed by atoms with Crippen molar-refractivity contribution in [1.82, 2.24) is 0 Å². The summed E-state index contributed by atoms with van der Waals surface area (Å²) in [7, 11) is 3.10. The second-order valence-electron chi connectivity index (χ2n) is 5.68. The smallest absolute Gasteiger partial charge is 0.191 e. The normalized spacial score (nSPS) is 10.9. The van der Waals surface area contributed by atoms with Gasteiger partial charge in [-0.2, -0.15) is 0 Å². The molecule has 0 spiro atoms. The molecule has 0 fully saturated rings. The fraction of sp³-hybridized carbons (Fsp3) is 0.250. The maximum absolute atomic E-state index is 12.4. The van der Waals surface area contributed by atoms with Gasteiger partial charge in [-0.1, -0.05) is 26.0 Å². The Balaban J connectivity index is 2.07. The highest BCUT2D eigenvalue weighted by Crippen LogP contribution is 2.24. The number of anilines is 1. The molecule has 0 aliphatic rings. The van der Waals surface area contributed by atoms with Gasteiger partial charge >= 0.3 is 0 Å². The second kappa shape index (κ2) is 8.20. The van der Waals surface area contributed by atoms with Crippen molar-refractivity contribution in [2.24, 2.45) is 0 Å². The van der Waals surface area contributed by atoms with Crippen LogP contribution in [0.15, 0.2) is 54.7 Å². The predicted octanol–water partition coefficient (Wildman–Crippen LogP) is 4.64. The van der Waals surface area contributed by atoms with Gasteiger partial charge in [0.1, 0.15) is 11.5 Å². The van der Waals surface area contributed by atoms with Crippen molar-refractivity contribution < 1.29 is 14.3 Å². The lowest BCUT2D eigenvalue weighted by molar-refractivity contribution is 0.104. The van der Waals surface area contributed by atoms with Crippen molar-refractivity contribution in [2.75, 3.05) is 19.5 Å². The Morgan fingerprint density at radius 3 is 2.33 bits per heavy atom. The number of rotatable bonds is 7. The maximum atomic E-state index is 12.4. The molecule has 0 radical (unpaired) electrons. The molecule has 0 aliphatic heterocycles. The van der Waals surface area contributed by atoms with Crippen LogP contribution in [0.2, 0.25) is 0 Å². The summed E-state index contributed by atoms with van der Waals surface area (Å²) in [5.41, 5.74) is 2.67. The summed E-state index contributed by atoms with van der Waals surface area (Å²) in [5, 5.41) is 3.10. The summed E-state index contributed by atoms with van der Waals surface area (Å²) in [4.78, 5) is 12.4. The molecule has 4 heteroatoms. The minimum Gasteiger partial charge on any atom is -0.497 e. The van der Waals surface area contributed by atoms with Gasteiger partial charge in [0.2, 0.25) is 0 Å². The molecule has 4 nitrogen and oxygen atoms in total. The van der Waals surface area contributed by atoms with Gasteiger partial charge in [0.05, 0.1) is 19.8 Å². The highest BCUT2D eigenvalue weighted by molar-refractivity contribution is 6.06. The lowest BCUT2D eigenvalue weighted by atomic mass is 10.0. The lowest BCUT2D eigenvalue weighted by Gasteiger charge is -2.08. The first kappa shape index (κ1) is 17.6. The van der Waals surface area contributed by atoms with Crippen LogP contribution in [0, 0.1) is 0 Å². The Labute approximate surface area is 143 Å². The number of hydrogen-bond acceptors (Lipinski definition) is 4. The van der Waals surface area contributed by atoms with Crippen molar-refractivity contribution in [3.63, 3.8) is 0 Å². The van der Waals surface area contributed by atoms with Gasteiger partial charge in [0.25, 0.3) is 0 Å². The number of carbonyl (C=O) groups excluding carboxylic acids is 1. The summed E-state index contributed by atoms with van der Waals surface area (Å²) in [6, 6.07) is 13.3. The number of carbonyl (C=O) groups is 1. The van der Waals surface area contributed by atoms with Crippen molar-refractivity contribution in [2.45, 2.75) is 19.8 Å². The third-order valence-electron chi connectivity index (χ3n) is 3.73. The number of ether oxygens (including phenoxy) is 2. The van der Waals surface area contributed by atoms with E-state index >= 15 is 0 Å². The van der Waals surface area contributed by atoms with E-state index in [2.05, 4.69) is 31.3 Å². The monoisotopic (exact) mass is 325 g/mol. The van der Waals surface area contributed by atoms with Gasteiger partial charge in [0.15, 0.2) is 5.78 Å². The average molecular weight is 325 g/mol. The first-order chi connectivity index (χ1) is 11.5. The standard InChI is InChI=1S/C20H23NO3/c1-14(2)15-5-7-16(8-6-15)21-12-11-19(22)18-13-17(23-3)9-10-20(18)24-4/h5-14,21H,1-4H3/b12-11+. The number of ketones is 1. The van der Waals surface area contributed by atoms with Crippen molar-refractivity contribution in [3.05, 3.63) is 65.9 Å². The Hall–Kier alpha value is -2.75. The Morgan fingerprint density at radius 2 is 1.75 bits per heavy atom. The molecule has 1 N–H and O–H groups in total. The summed E-state index contributed by atoms with van der Waals surface area (Å²) in [6.45, 7) is 4.31. The van der Waals surface area contributed by atoms with E-state index in [0.717, 1.165) is 5.69 Å². The number of allylic oxidation sites excluding steroid dienone is 1. The number of nitrogens with one attached hydrogen (secondary N) is 1. The Bertz CT molecular complexity index is 718. The lowest BCUT2D eigenvalue weighted by Crippen LogP contribution is -2.01. The van der Waals surface area contributed by atoms with Gasteiger partial charge in [-0.3, -0.25) is 4.79 Å². The van der Waals surface area contributed by atoms with Gasteiger partial charge in [-0.15, -0.1) is 0 Å². The van der Waals surface area contributed by atoms with Crippen LogP contribution in [0.1, 0.15) is 35.7 Å². The van der Waals surface area contributed by atoms with Crippen LogP contribution in [0.3, 0.4) is 0 Å². The molecule has 0 heterocycles. The van der Waals surface area contributed by atoms with Crippen LogP contribution in [0.5, 0.6) is 11.5 Å². The van der Waals surface area contributed by atoms with Gasteiger partial charge < -0.3 is 14.8 Å². The molecule has 0 aromatic heterocycles. The number of benzene rings is 2. The molecule has 24 heavy (non-hydrogen) atoms. The Morgan fingerprint density at radius 1 is 1.04 bits per heavy atom. The van der Waals surface area contributed by atoms with E-state index in [9.17, 15) is 4.79 Å². The van der Waals surface area contributed by atoms with E-state index in [1.807, 2.05) is 12.1 Å². The van der Waals surface area contributed by atoms with E-state index in [4.69, 9.17) is 9.47 Å². The summed E-state index contributed by atoms with van der Waals surface area (Å²) < 4.78 is 10.4. The quantitative estimate of drug-likeness (QED) is 0.595. The molecule has 0 aliphatic carbocycles. The molecular weight excluding hydrogens is 302 g/mol. The van der Waals surface area contributed by atoms with Gasteiger partial charge in [-0.05, 0) is 41.8 Å². The van der Waals surface area contributed by atoms with Crippen LogP contribution in [-0.4, -0.2) is 20.0 Å².